The van der Waals surface area contributed by atoms with Crippen LogP contribution in [0, 0.1) is 6.92 Å². The number of nitrogens with one attached hydrogen (secondary N) is 1. The van der Waals surface area contributed by atoms with Gasteiger partial charge in [-0.05, 0) is 61.9 Å². The van der Waals surface area contributed by atoms with Crippen LogP contribution in [0.5, 0.6) is 11.5 Å². The maximum absolute atomic E-state index is 12.8. The maximum Gasteiger partial charge on any atom is 0.252 e. The number of ether oxygens (including phenoxy) is 2. The lowest BCUT2D eigenvalue weighted by atomic mass is 10.1. The fraction of sp³-hybridized carbons (Fsp3) is 0.231. The first kappa shape index (κ1) is 21.4. The van der Waals surface area contributed by atoms with Crippen LogP contribution in [-0.2, 0) is 6.54 Å². The molecule has 0 saturated carbocycles. The van der Waals surface area contributed by atoms with Crippen molar-refractivity contribution in [1.82, 2.24) is 14.9 Å². The quantitative estimate of drug-likeness (QED) is 0.432. The second kappa shape index (κ2) is 9.56. The van der Waals surface area contributed by atoms with Gasteiger partial charge in [-0.3, -0.25) is 4.79 Å². The first-order valence-corrected chi connectivity index (χ1v) is 10.7. The highest BCUT2D eigenvalue weighted by atomic mass is 16.5. The lowest BCUT2D eigenvalue weighted by Gasteiger charge is -2.17. The summed E-state index contributed by atoms with van der Waals surface area (Å²) in [5.41, 5.74) is 3.52. The number of benzene rings is 3. The summed E-state index contributed by atoms with van der Waals surface area (Å²) in [5.74, 6) is 2.26. The molecular formula is C26H27N3O3. The van der Waals surface area contributed by atoms with Crippen LogP contribution in [0.2, 0.25) is 0 Å². The third-order valence-corrected chi connectivity index (χ3v) is 5.45. The van der Waals surface area contributed by atoms with Gasteiger partial charge in [0.15, 0.2) is 0 Å². The summed E-state index contributed by atoms with van der Waals surface area (Å²) in [7, 11) is 1.64. The molecule has 0 radical (unpaired) electrons. The van der Waals surface area contributed by atoms with Gasteiger partial charge < -0.3 is 19.4 Å². The molecule has 4 aromatic rings. The lowest BCUT2D eigenvalue weighted by Crippen LogP contribution is -2.29. The molecule has 1 amide bonds. The van der Waals surface area contributed by atoms with E-state index in [0.29, 0.717) is 18.7 Å². The summed E-state index contributed by atoms with van der Waals surface area (Å²) in [5, 5.41) is 3.10. The van der Waals surface area contributed by atoms with Gasteiger partial charge in [0.1, 0.15) is 23.9 Å². The van der Waals surface area contributed by atoms with Crippen molar-refractivity contribution in [3.8, 4) is 11.5 Å². The molecule has 1 atom stereocenters. The minimum absolute atomic E-state index is 0.108. The first-order valence-electron chi connectivity index (χ1n) is 10.7. The summed E-state index contributed by atoms with van der Waals surface area (Å²) in [6, 6.07) is 22.8. The van der Waals surface area contributed by atoms with Crippen molar-refractivity contribution in [1.29, 1.82) is 0 Å². The molecule has 0 aliphatic rings. The summed E-state index contributed by atoms with van der Waals surface area (Å²) < 4.78 is 13.2. The van der Waals surface area contributed by atoms with Crippen LogP contribution in [0.3, 0.4) is 0 Å². The predicted molar refractivity (Wildman–Crippen MR) is 125 cm³/mol. The third-order valence-electron chi connectivity index (χ3n) is 5.45. The number of amides is 1. The molecule has 164 valence electrons. The zero-order valence-corrected chi connectivity index (χ0v) is 18.5. The van der Waals surface area contributed by atoms with Crippen LogP contribution in [-0.4, -0.2) is 29.2 Å². The minimum Gasteiger partial charge on any atom is -0.497 e. The molecule has 0 saturated heterocycles. The first-order chi connectivity index (χ1) is 15.6. The minimum atomic E-state index is -0.268. The van der Waals surface area contributed by atoms with Crippen LogP contribution in [0.15, 0.2) is 72.8 Å². The Kier molecular flexibility index (Phi) is 6.40. The number of fused-ring (bicyclic) bond motifs is 1. The molecule has 4 rings (SSSR count). The van der Waals surface area contributed by atoms with Crippen molar-refractivity contribution >= 4 is 16.9 Å². The van der Waals surface area contributed by atoms with Crippen molar-refractivity contribution in [2.24, 2.45) is 0 Å². The van der Waals surface area contributed by atoms with E-state index in [0.717, 1.165) is 33.9 Å². The van der Waals surface area contributed by atoms with E-state index in [-0.39, 0.29) is 11.9 Å². The smallest absolute Gasteiger partial charge is 0.252 e. The summed E-state index contributed by atoms with van der Waals surface area (Å²) in [4.78, 5) is 17.7. The van der Waals surface area contributed by atoms with Gasteiger partial charge in [0.25, 0.3) is 5.91 Å². The average molecular weight is 430 g/mol. The van der Waals surface area contributed by atoms with Crippen LogP contribution < -0.4 is 14.8 Å². The Bertz CT molecular complexity index is 1210. The Labute approximate surface area is 187 Å². The average Bonchev–Trinajstić information content (AvgIpc) is 3.18. The zero-order chi connectivity index (χ0) is 22.5. The van der Waals surface area contributed by atoms with Crippen molar-refractivity contribution in [2.45, 2.75) is 26.4 Å². The van der Waals surface area contributed by atoms with Gasteiger partial charge in [-0.2, -0.15) is 0 Å². The third kappa shape index (κ3) is 4.59. The fourth-order valence-corrected chi connectivity index (χ4v) is 3.75. The van der Waals surface area contributed by atoms with Gasteiger partial charge in [-0.25, -0.2) is 4.98 Å². The number of para-hydroxylation sites is 2. The fourth-order valence-electron chi connectivity index (χ4n) is 3.75. The molecule has 6 nitrogen and oxygen atoms in total. The zero-order valence-electron chi connectivity index (χ0n) is 18.5. The summed E-state index contributed by atoms with van der Waals surface area (Å²) >= 11 is 0. The molecule has 0 spiro atoms. The van der Waals surface area contributed by atoms with Crippen molar-refractivity contribution in [2.75, 3.05) is 13.7 Å². The molecule has 0 fully saturated rings. The number of carbonyl (C=O) groups excluding carboxylic acids is 1. The highest BCUT2D eigenvalue weighted by Gasteiger charge is 2.19. The molecule has 0 bridgehead atoms. The number of rotatable bonds is 8. The van der Waals surface area contributed by atoms with Gasteiger partial charge >= 0.3 is 0 Å². The Balaban J connectivity index is 1.52. The van der Waals surface area contributed by atoms with E-state index in [1.54, 1.807) is 7.11 Å². The molecule has 1 aromatic heterocycles. The van der Waals surface area contributed by atoms with Gasteiger partial charge in [-0.1, -0.05) is 30.3 Å². The van der Waals surface area contributed by atoms with E-state index in [9.17, 15) is 4.79 Å². The van der Waals surface area contributed by atoms with E-state index < -0.39 is 0 Å². The Hall–Kier alpha value is -3.80. The van der Waals surface area contributed by atoms with E-state index in [1.165, 1.54) is 0 Å². The van der Waals surface area contributed by atoms with Crippen molar-refractivity contribution in [3.63, 3.8) is 0 Å². The Morgan fingerprint density at radius 3 is 2.44 bits per heavy atom. The van der Waals surface area contributed by atoms with E-state index in [4.69, 9.17) is 14.5 Å². The van der Waals surface area contributed by atoms with Gasteiger partial charge in [0, 0.05) is 5.56 Å². The van der Waals surface area contributed by atoms with Crippen LogP contribution in [0.4, 0.5) is 0 Å². The van der Waals surface area contributed by atoms with Crippen LogP contribution in [0.25, 0.3) is 11.0 Å². The predicted octanol–water partition coefficient (Wildman–Crippen LogP) is 4.92. The van der Waals surface area contributed by atoms with E-state index in [1.807, 2.05) is 86.6 Å². The lowest BCUT2D eigenvalue weighted by molar-refractivity contribution is 0.0937. The highest BCUT2D eigenvalue weighted by molar-refractivity contribution is 5.95. The molecule has 6 heteroatoms. The largest absolute Gasteiger partial charge is 0.497 e. The van der Waals surface area contributed by atoms with Crippen molar-refractivity contribution in [3.05, 3.63) is 89.7 Å². The summed E-state index contributed by atoms with van der Waals surface area (Å²) in [6.07, 6.45) is 0. The van der Waals surface area contributed by atoms with Crippen molar-refractivity contribution < 1.29 is 14.3 Å². The molecule has 0 aliphatic carbocycles. The highest BCUT2D eigenvalue weighted by Crippen LogP contribution is 2.22. The van der Waals surface area contributed by atoms with Crippen LogP contribution >= 0.6 is 0 Å². The molecule has 32 heavy (non-hydrogen) atoms. The van der Waals surface area contributed by atoms with E-state index in [2.05, 4.69) is 9.88 Å². The second-order valence-electron chi connectivity index (χ2n) is 7.64. The number of carbonyl (C=O) groups is 1. The maximum atomic E-state index is 12.8. The van der Waals surface area contributed by atoms with E-state index >= 15 is 0 Å². The molecule has 1 N–H and O–H groups in total. The standard InChI is InChI=1S/C26H27N3O3/c1-18-8-4-5-9-22(18)26(30)27-19(2)25-28-23-10-6-7-11-24(23)29(25)16-17-32-21-14-12-20(31-3)13-15-21/h4-15,19H,16-17H2,1-3H3,(H,27,30). The normalized spacial score (nSPS) is 11.8. The molecule has 1 heterocycles. The molecular weight excluding hydrogens is 402 g/mol. The number of aromatic nitrogens is 2. The number of hydrogen-bond donors (Lipinski definition) is 1. The SMILES string of the molecule is COc1ccc(OCCn2c(C(C)NC(=O)c3ccccc3C)nc3ccccc32)cc1. The second-order valence-corrected chi connectivity index (χ2v) is 7.64. The number of aryl methyl sites for hydroxylation is 1. The van der Waals surface area contributed by atoms with Gasteiger partial charge in [0.2, 0.25) is 0 Å². The number of hydrogen-bond acceptors (Lipinski definition) is 4. The van der Waals surface area contributed by atoms with Crippen LogP contribution in [0.1, 0.15) is 34.7 Å². The topological polar surface area (TPSA) is 65.4 Å². The number of imidazole rings is 1. The Morgan fingerprint density at radius 1 is 1.00 bits per heavy atom. The number of nitrogens with zero attached hydrogens (tertiary/aromatic N) is 2. The summed E-state index contributed by atoms with van der Waals surface area (Å²) in [6.45, 7) is 4.97. The van der Waals surface area contributed by atoms with Gasteiger partial charge in [-0.15, -0.1) is 0 Å². The molecule has 0 aliphatic heterocycles. The number of methoxy groups -OCH3 is 1. The molecule has 3 aromatic carbocycles. The molecule has 1 unspecified atom stereocenters. The van der Waals surface area contributed by atoms with Gasteiger partial charge in [0.05, 0.1) is 30.7 Å². The Morgan fingerprint density at radius 2 is 1.69 bits per heavy atom. The monoisotopic (exact) mass is 429 g/mol.